The zero-order valence-electron chi connectivity index (χ0n) is 11.4. The molecule has 108 valence electrons. The highest BCUT2D eigenvalue weighted by atomic mass is 79.9. The molecule has 0 atom stereocenters. The van der Waals surface area contributed by atoms with E-state index < -0.39 is 0 Å². The molecule has 0 unspecified atom stereocenters. The summed E-state index contributed by atoms with van der Waals surface area (Å²) in [5.41, 5.74) is 2.42. The zero-order chi connectivity index (χ0) is 15.2. The zero-order valence-corrected chi connectivity index (χ0v) is 13.7. The van der Waals surface area contributed by atoms with Crippen LogP contribution in [0, 0.1) is 11.3 Å². The molecule has 0 N–H and O–H groups in total. The minimum Gasteiger partial charge on any atom is -0.495 e. The second-order valence-corrected chi connectivity index (χ2v) is 5.46. The lowest BCUT2D eigenvalue weighted by molar-refractivity contribution is 0.304. The van der Waals surface area contributed by atoms with Gasteiger partial charge in [-0.15, -0.1) is 11.6 Å². The normalized spacial score (nSPS) is 10.0. The fourth-order valence-electron chi connectivity index (χ4n) is 1.84. The quantitative estimate of drug-likeness (QED) is 0.724. The highest BCUT2D eigenvalue weighted by Crippen LogP contribution is 2.28. The maximum absolute atomic E-state index is 9.07. The second-order valence-electron chi connectivity index (χ2n) is 4.33. The molecule has 5 heteroatoms. The summed E-state index contributed by atoms with van der Waals surface area (Å²) in [6.45, 7) is 0.373. The molecule has 0 aliphatic heterocycles. The van der Waals surface area contributed by atoms with Gasteiger partial charge in [0, 0.05) is 5.88 Å². The number of nitrogens with zero attached hydrogens (tertiary/aromatic N) is 1. The summed E-state index contributed by atoms with van der Waals surface area (Å²) in [4.78, 5) is 0. The predicted molar refractivity (Wildman–Crippen MR) is 85.7 cm³/mol. The molecule has 0 radical (unpaired) electrons. The molecule has 21 heavy (non-hydrogen) atoms. The van der Waals surface area contributed by atoms with Crippen LogP contribution in [0.4, 0.5) is 0 Å². The van der Waals surface area contributed by atoms with Gasteiger partial charge in [0.2, 0.25) is 0 Å². The van der Waals surface area contributed by atoms with E-state index in [0.29, 0.717) is 23.8 Å². The van der Waals surface area contributed by atoms with Gasteiger partial charge in [0.25, 0.3) is 0 Å². The van der Waals surface area contributed by atoms with Gasteiger partial charge in [-0.3, -0.25) is 0 Å². The van der Waals surface area contributed by atoms with Gasteiger partial charge in [0.05, 0.1) is 17.1 Å². The first-order chi connectivity index (χ1) is 10.2. The Kier molecular flexibility index (Phi) is 5.49. The molecule has 2 aromatic rings. The largest absolute Gasteiger partial charge is 0.495 e. The van der Waals surface area contributed by atoms with E-state index in [4.69, 9.17) is 26.3 Å². The molecular formula is C16H13BrClNO2. The smallest absolute Gasteiger partial charge is 0.136 e. The number of hydrogen-bond donors (Lipinski definition) is 0. The van der Waals surface area contributed by atoms with Crippen LogP contribution in [0.25, 0.3) is 0 Å². The van der Waals surface area contributed by atoms with E-state index >= 15 is 0 Å². The van der Waals surface area contributed by atoms with Gasteiger partial charge in [0.15, 0.2) is 0 Å². The average Bonchev–Trinajstić information content (AvgIpc) is 2.53. The van der Waals surface area contributed by atoms with Gasteiger partial charge in [-0.05, 0) is 51.3 Å². The number of ether oxygens (including phenoxy) is 2. The van der Waals surface area contributed by atoms with Crippen LogP contribution in [0.1, 0.15) is 16.7 Å². The van der Waals surface area contributed by atoms with E-state index in [9.17, 15) is 0 Å². The van der Waals surface area contributed by atoms with Crippen molar-refractivity contribution in [1.82, 2.24) is 0 Å². The van der Waals surface area contributed by atoms with Crippen LogP contribution in [-0.4, -0.2) is 7.11 Å². The number of hydrogen-bond acceptors (Lipinski definition) is 3. The van der Waals surface area contributed by atoms with E-state index in [2.05, 4.69) is 22.0 Å². The van der Waals surface area contributed by atoms with E-state index in [1.54, 1.807) is 19.2 Å². The third kappa shape index (κ3) is 3.90. The molecule has 0 saturated heterocycles. The van der Waals surface area contributed by atoms with Crippen LogP contribution in [0.5, 0.6) is 11.5 Å². The minimum atomic E-state index is 0.373. The Labute approximate surface area is 137 Å². The van der Waals surface area contributed by atoms with E-state index in [1.807, 2.05) is 24.3 Å². The third-order valence-electron chi connectivity index (χ3n) is 2.93. The number of alkyl halides is 1. The molecule has 2 aromatic carbocycles. The molecule has 0 aromatic heterocycles. The van der Waals surface area contributed by atoms with Gasteiger partial charge in [-0.2, -0.15) is 5.26 Å². The fourth-order valence-corrected chi connectivity index (χ4v) is 2.54. The Morgan fingerprint density at radius 1 is 1.14 bits per heavy atom. The third-order valence-corrected chi connectivity index (χ3v) is 3.86. The van der Waals surface area contributed by atoms with Crippen molar-refractivity contribution in [3.8, 4) is 17.6 Å². The van der Waals surface area contributed by atoms with Crippen LogP contribution in [-0.2, 0) is 12.5 Å². The number of methoxy groups -OCH3 is 1. The monoisotopic (exact) mass is 365 g/mol. The number of benzene rings is 2. The standard InChI is InChI=1S/C16H13BrClNO2/c1-20-15-4-3-12(6-13(15)9-19)10-21-16-5-2-11(8-18)7-14(16)17/h2-7H,8,10H2,1H3. The van der Waals surface area contributed by atoms with Crippen molar-refractivity contribution in [2.24, 2.45) is 0 Å². The van der Waals surface area contributed by atoms with Crippen molar-refractivity contribution in [2.45, 2.75) is 12.5 Å². The van der Waals surface area contributed by atoms with Crippen molar-refractivity contribution in [3.05, 3.63) is 57.6 Å². The van der Waals surface area contributed by atoms with Gasteiger partial charge in [-0.25, -0.2) is 0 Å². The van der Waals surface area contributed by atoms with Gasteiger partial charge in [-0.1, -0.05) is 12.1 Å². The molecule has 0 aliphatic carbocycles. The average molecular weight is 367 g/mol. The van der Waals surface area contributed by atoms with E-state index in [1.165, 1.54) is 0 Å². The molecule has 0 heterocycles. The van der Waals surface area contributed by atoms with Crippen molar-refractivity contribution in [3.63, 3.8) is 0 Å². The summed E-state index contributed by atoms with van der Waals surface area (Å²) in [5, 5.41) is 9.07. The van der Waals surface area contributed by atoms with Crippen LogP contribution in [0.2, 0.25) is 0 Å². The summed E-state index contributed by atoms with van der Waals surface area (Å²) < 4.78 is 11.7. The van der Waals surface area contributed by atoms with Crippen molar-refractivity contribution < 1.29 is 9.47 Å². The molecule has 0 bridgehead atoms. The van der Waals surface area contributed by atoms with E-state index in [0.717, 1.165) is 21.3 Å². The lowest BCUT2D eigenvalue weighted by Crippen LogP contribution is -1.98. The van der Waals surface area contributed by atoms with Crippen LogP contribution in [0.15, 0.2) is 40.9 Å². The number of halogens is 2. The second kappa shape index (κ2) is 7.35. The summed E-state index contributed by atoms with van der Waals surface area (Å²) in [6, 6.07) is 13.2. The van der Waals surface area contributed by atoms with Gasteiger partial charge < -0.3 is 9.47 Å². The SMILES string of the molecule is COc1ccc(COc2ccc(CCl)cc2Br)cc1C#N. The van der Waals surface area contributed by atoms with Crippen molar-refractivity contribution >= 4 is 27.5 Å². The molecule has 0 saturated carbocycles. The molecule has 0 amide bonds. The molecule has 0 aliphatic rings. The summed E-state index contributed by atoms with van der Waals surface area (Å²) in [6.07, 6.45) is 0. The molecule has 2 rings (SSSR count). The number of rotatable bonds is 5. The first kappa shape index (κ1) is 15.7. The highest BCUT2D eigenvalue weighted by molar-refractivity contribution is 9.10. The summed E-state index contributed by atoms with van der Waals surface area (Å²) >= 11 is 9.24. The molecule has 3 nitrogen and oxygen atoms in total. The molecule has 0 spiro atoms. The first-order valence-corrected chi connectivity index (χ1v) is 7.55. The van der Waals surface area contributed by atoms with Crippen LogP contribution >= 0.6 is 27.5 Å². The van der Waals surface area contributed by atoms with Crippen molar-refractivity contribution in [1.29, 1.82) is 5.26 Å². The highest BCUT2D eigenvalue weighted by Gasteiger charge is 2.06. The Balaban J connectivity index is 2.11. The predicted octanol–water partition coefficient (Wildman–Crippen LogP) is 4.65. The molecular weight excluding hydrogens is 354 g/mol. The first-order valence-electron chi connectivity index (χ1n) is 6.22. The van der Waals surface area contributed by atoms with Crippen LogP contribution in [0.3, 0.4) is 0 Å². The van der Waals surface area contributed by atoms with Gasteiger partial charge >= 0.3 is 0 Å². The summed E-state index contributed by atoms with van der Waals surface area (Å²) in [7, 11) is 1.54. The summed E-state index contributed by atoms with van der Waals surface area (Å²) in [5.74, 6) is 1.76. The van der Waals surface area contributed by atoms with Crippen molar-refractivity contribution in [2.75, 3.05) is 7.11 Å². The Bertz CT molecular complexity index is 682. The maximum atomic E-state index is 9.07. The Hall–Kier alpha value is -1.70. The fraction of sp³-hybridized carbons (Fsp3) is 0.188. The van der Waals surface area contributed by atoms with E-state index in [-0.39, 0.29) is 0 Å². The topological polar surface area (TPSA) is 42.2 Å². The number of nitriles is 1. The van der Waals surface area contributed by atoms with Gasteiger partial charge in [0.1, 0.15) is 24.2 Å². The lowest BCUT2D eigenvalue weighted by atomic mass is 10.1. The molecule has 0 fully saturated rings. The Morgan fingerprint density at radius 2 is 1.86 bits per heavy atom. The lowest BCUT2D eigenvalue weighted by Gasteiger charge is -2.10. The Morgan fingerprint density at radius 3 is 2.48 bits per heavy atom. The van der Waals surface area contributed by atoms with Crippen LogP contribution < -0.4 is 9.47 Å². The minimum absolute atomic E-state index is 0.373. The maximum Gasteiger partial charge on any atom is 0.136 e.